The van der Waals surface area contributed by atoms with E-state index in [9.17, 15) is 8.42 Å². The van der Waals surface area contributed by atoms with Crippen LogP contribution in [0.15, 0.2) is 33.8 Å². The van der Waals surface area contributed by atoms with E-state index in [0.717, 1.165) is 0 Å². The van der Waals surface area contributed by atoms with Gasteiger partial charge in [-0.15, -0.1) is 0 Å². The number of sulfonamides is 1. The van der Waals surface area contributed by atoms with Crippen molar-refractivity contribution in [3.8, 4) is 0 Å². The third-order valence-corrected chi connectivity index (χ3v) is 5.52. The van der Waals surface area contributed by atoms with E-state index in [2.05, 4.69) is 25.6 Å². The lowest BCUT2D eigenvalue weighted by Gasteiger charge is -2.12. The molecule has 0 radical (unpaired) electrons. The van der Waals surface area contributed by atoms with Gasteiger partial charge in [0.05, 0.1) is 15.7 Å². The van der Waals surface area contributed by atoms with Crippen LogP contribution in [-0.2, 0) is 10.0 Å². The van der Waals surface area contributed by atoms with Gasteiger partial charge in [-0.25, -0.2) is 13.4 Å². The molecule has 1 N–H and O–H groups in total. The number of nitrogens with zero attached hydrogens (tertiary/aromatic N) is 1. The number of benzene rings is 1. The number of aromatic nitrogens is 1. The second-order valence-electron chi connectivity index (χ2n) is 3.80. The Morgan fingerprint density at radius 1 is 1.05 bits per heavy atom. The lowest BCUT2D eigenvalue weighted by atomic mass is 10.4. The fraction of sp³-hybridized carbons (Fsp3) is 0. The fourth-order valence-electron chi connectivity index (χ4n) is 1.48. The van der Waals surface area contributed by atoms with Crippen molar-refractivity contribution in [1.29, 1.82) is 0 Å². The second-order valence-corrected chi connectivity index (χ2v) is 7.94. The van der Waals surface area contributed by atoms with E-state index in [-0.39, 0.29) is 30.8 Å². The lowest BCUT2D eigenvalue weighted by molar-refractivity contribution is 0.601. The van der Waals surface area contributed by atoms with Crippen LogP contribution in [0.25, 0.3) is 0 Å². The first-order chi connectivity index (χ1) is 9.70. The van der Waals surface area contributed by atoms with E-state index in [1.165, 1.54) is 24.4 Å². The van der Waals surface area contributed by atoms with Gasteiger partial charge < -0.3 is 0 Å². The van der Waals surface area contributed by atoms with Gasteiger partial charge in [0.15, 0.2) is 5.15 Å². The highest BCUT2D eigenvalue weighted by Crippen LogP contribution is 2.34. The zero-order chi connectivity index (χ0) is 15.8. The summed E-state index contributed by atoms with van der Waals surface area (Å²) >= 11 is 26.6. The molecule has 112 valence electrons. The van der Waals surface area contributed by atoms with Crippen molar-refractivity contribution >= 4 is 78.0 Å². The van der Waals surface area contributed by atoms with Gasteiger partial charge in [-0.05, 0) is 34.1 Å². The van der Waals surface area contributed by atoms with Gasteiger partial charge in [0, 0.05) is 15.7 Å². The smallest absolute Gasteiger partial charge is 0.264 e. The molecule has 0 spiro atoms. The molecule has 1 heterocycles. The maximum atomic E-state index is 12.4. The Bertz CT molecular complexity index is 791. The van der Waals surface area contributed by atoms with Gasteiger partial charge in [-0.1, -0.05) is 46.4 Å². The predicted octanol–water partition coefficient (Wildman–Crippen LogP) is 5.26. The van der Waals surface area contributed by atoms with Crippen LogP contribution in [-0.4, -0.2) is 13.4 Å². The zero-order valence-corrected chi connectivity index (χ0v) is 15.3. The molecule has 0 amide bonds. The second kappa shape index (κ2) is 6.48. The first-order valence-electron chi connectivity index (χ1n) is 5.19. The zero-order valence-electron chi connectivity index (χ0n) is 9.87. The van der Waals surface area contributed by atoms with Crippen molar-refractivity contribution in [1.82, 2.24) is 4.98 Å². The highest BCUT2D eigenvalue weighted by Gasteiger charge is 2.23. The summed E-state index contributed by atoms with van der Waals surface area (Å²) in [6.45, 7) is 0. The Kier molecular flexibility index (Phi) is 5.28. The number of halogens is 5. The summed E-state index contributed by atoms with van der Waals surface area (Å²) in [6.07, 6.45) is 1.43. The molecular weight excluding hydrogens is 446 g/mol. The molecule has 2 rings (SSSR count). The summed E-state index contributed by atoms with van der Waals surface area (Å²) in [6, 6.07) is 4.03. The molecular formula is C11H5BrCl4N2O2S. The Labute approximate surface area is 149 Å². The van der Waals surface area contributed by atoms with Crippen molar-refractivity contribution in [3.05, 3.63) is 49.1 Å². The monoisotopic (exact) mass is 448 g/mol. The van der Waals surface area contributed by atoms with Gasteiger partial charge in [0.2, 0.25) is 0 Å². The van der Waals surface area contributed by atoms with Crippen molar-refractivity contribution in [3.63, 3.8) is 0 Å². The Morgan fingerprint density at radius 3 is 2.19 bits per heavy atom. The standard InChI is InChI=1S/C11H5BrCl4N2O2S/c12-5-1-9(11(16)17-4-5)18-21(19,20)10-7(14)2-6(13)3-8(10)15/h1-4,18H. The average Bonchev–Trinajstić information content (AvgIpc) is 2.31. The van der Waals surface area contributed by atoms with Crippen LogP contribution in [0.1, 0.15) is 0 Å². The van der Waals surface area contributed by atoms with E-state index < -0.39 is 10.0 Å². The van der Waals surface area contributed by atoms with Crippen LogP contribution < -0.4 is 4.72 Å². The van der Waals surface area contributed by atoms with Crippen molar-refractivity contribution < 1.29 is 8.42 Å². The molecule has 1 aromatic heterocycles. The molecule has 0 atom stereocenters. The van der Waals surface area contributed by atoms with Crippen LogP contribution in [0.3, 0.4) is 0 Å². The quantitative estimate of drug-likeness (QED) is 0.649. The molecule has 0 saturated heterocycles. The molecule has 4 nitrogen and oxygen atoms in total. The van der Waals surface area contributed by atoms with Crippen LogP contribution >= 0.6 is 62.3 Å². The summed E-state index contributed by atoms with van der Waals surface area (Å²) in [7, 11) is -4.05. The average molecular weight is 451 g/mol. The predicted molar refractivity (Wildman–Crippen MR) is 89.2 cm³/mol. The van der Waals surface area contributed by atoms with Gasteiger partial charge in [0.1, 0.15) is 4.90 Å². The van der Waals surface area contributed by atoms with Crippen molar-refractivity contribution in [2.45, 2.75) is 4.90 Å². The molecule has 1 aromatic carbocycles. The van der Waals surface area contributed by atoms with Gasteiger partial charge >= 0.3 is 0 Å². The molecule has 0 aliphatic heterocycles. The molecule has 0 unspecified atom stereocenters. The number of anilines is 1. The molecule has 0 fully saturated rings. The van der Waals surface area contributed by atoms with E-state index in [1.54, 1.807) is 0 Å². The molecule has 0 saturated carbocycles. The number of pyridine rings is 1. The number of hydrogen-bond acceptors (Lipinski definition) is 3. The summed E-state index contributed by atoms with van der Waals surface area (Å²) < 4.78 is 27.6. The number of nitrogens with one attached hydrogen (secondary N) is 1. The first kappa shape index (κ1) is 17.1. The molecule has 2 aromatic rings. The summed E-state index contributed by atoms with van der Waals surface area (Å²) in [4.78, 5) is 3.53. The maximum absolute atomic E-state index is 12.4. The summed E-state index contributed by atoms with van der Waals surface area (Å²) in [5.41, 5.74) is 0.0909. The van der Waals surface area contributed by atoms with Crippen LogP contribution in [0.2, 0.25) is 20.2 Å². The SMILES string of the molecule is O=S(=O)(Nc1cc(Br)cnc1Cl)c1c(Cl)cc(Cl)cc1Cl. The highest BCUT2D eigenvalue weighted by molar-refractivity contribution is 9.10. The van der Waals surface area contributed by atoms with E-state index >= 15 is 0 Å². The van der Waals surface area contributed by atoms with E-state index in [0.29, 0.717) is 4.47 Å². The first-order valence-corrected chi connectivity index (χ1v) is 8.98. The van der Waals surface area contributed by atoms with E-state index in [1.807, 2.05) is 0 Å². The minimum absolute atomic E-state index is 0.0111. The van der Waals surface area contributed by atoms with Crippen LogP contribution in [0, 0.1) is 0 Å². The highest BCUT2D eigenvalue weighted by atomic mass is 79.9. The van der Waals surface area contributed by atoms with Crippen molar-refractivity contribution in [2.75, 3.05) is 4.72 Å². The third kappa shape index (κ3) is 3.94. The van der Waals surface area contributed by atoms with Crippen LogP contribution in [0.5, 0.6) is 0 Å². The summed E-state index contributed by atoms with van der Waals surface area (Å²) in [5.74, 6) is 0. The largest absolute Gasteiger partial charge is 0.276 e. The Balaban J connectivity index is 2.51. The maximum Gasteiger partial charge on any atom is 0.264 e. The Morgan fingerprint density at radius 2 is 1.62 bits per heavy atom. The molecule has 21 heavy (non-hydrogen) atoms. The van der Waals surface area contributed by atoms with Crippen molar-refractivity contribution in [2.24, 2.45) is 0 Å². The third-order valence-electron chi connectivity index (χ3n) is 2.28. The Hall–Kier alpha value is -0.240. The molecule has 0 bridgehead atoms. The molecule has 10 heteroatoms. The number of hydrogen-bond donors (Lipinski definition) is 1. The summed E-state index contributed by atoms with van der Waals surface area (Å²) in [5, 5.41) is 0.0206. The van der Waals surface area contributed by atoms with Gasteiger partial charge in [0.25, 0.3) is 10.0 Å². The normalized spacial score (nSPS) is 11.5. The van der Waals surface area contributed by atoms with Crippen LogP contribution in [0.4, 0.5) is 5.69 Å². The lowest BCUT2D eigenvalue weighted by Crippen LogP contribution is -2.14. The van der Waals surface area contributed by atoms with E-state index in [4.69, 9.17) is 46.4 Å². The number of rotatable bonds is 3. The minimum atomic E-state index is -4.05. The minimum Gasteiger partial charge on any atom is -0.276 e. The molecule has 0 aliphatic rings. The topological polar surface area (TPSA) is 59.1 Å². The molecule has 0 aliphatic carbocycles. The van der Waals surface area contributed by atoms with Gasteiger partial charge in [-0.3, -0.25) is 4.72 Å². The fourth-order valence-corrected chi connectivity index (χ4v) is 4.62. The van der Waals surface area contributed by atoms with Gasteiger partial charge in [-0.2, -0.15) is 0 Å².